The van der Waals surface area contributed by atoms with Crippen LogP contribution in [0.4, 0.5) is 0 Å². The third-order valence-electron chi connectivity index (χ3n) is 6.92. The van der Waals surface area contributed by atoms with Gasteiger partial charge in [0, 0.05) is 12.0 Å². The van der Waals surface area contributed by atoms with Gasteiger partial charge in [-0.15, -0.1) is 0 Å². The first-order chi connectivity index (χ1) is 17.9. The lowest BCUT2D eigenvalue weighted by atomic mass is 10.0. The van der Waals surface area contributed by atoms with Gasteiger partial charge in [-0.2, -0.15) is 0 Å². The second-order valence-electron chi connectivity index (χ2n) is 11.1. The summed E-state index contributed by atoms with van der Waals surface area (Å²) in [7, 11) is 4.30. The molecule has 37 heavy (non-hydrogen) atoms. The SMILES string of the molecule is CCCCCCCCCCCc1ccc(OC(CCC)OC(=O)CC[N+](C)(C)Cc2ccccc2)cc1. The molecule has 1 atom stereocenters. The summed E-state index contributed by atoms with van der Waals surface area (Å²) in [5, 5.41) is 0. The van der Waals surface area contributed by atoms with Crippen LogP contribution < -0.4 is 4.74 Å². The van der Waals surface area contributed by atoms with Gasteiger partial charge >= 0.3 is 5.97 Å². The Morgan fingerprint density at radius 1 is 0.757 bits per heavy atom. The molecule has 206 valence electrons. The van der Waals surface area contributed by atoms with Crippen molar-refractivity contribution < 1.29 is 18.8 Å². The van der Waals surface area contributed by atoms with Crippen molar-refractivity contribution in [3.05, 3.63) is 65.7 Å². The molecule has 0 amide bonds. The van der Waals surface area contributed by atoms with Crippen LogP contribution in [0.3, 0.4) is 0 Å². The zero-order chi connectivity index (χ0) is 26.8. The number of carbonyl (C=O) groups excluding carboxylic acids is 1. The van der Waals surface area contributed by atoms with Crippen LogP contribution in [0.25, 0.3) is 0 Å². The number of nitrogens with zero attached hydrogens (tertiary/aromatic N) is 1. The van der Waals surface area contributed by atoms with E-state index in [0.717, 1.165) is 36.2 Å². The first kappa shape index (κ1) is 30.9. The van der Waals surface area contributed by atoms with E-state index in [1.54, 1.807) is 0 Å². The Balaban J connectivity index is 1.69. The number of carbonyl (C=O) groups is 1. The molecule has 0 heterocycles. The molecule has 0 aliphatic rings. The van der Waals surface area contributed by atoms with Crippen LogP contribution in [0, 0.1) is 0 Å². The Labute approximate surface area is 227 Å². The van der Waals surface area contributed by atoms with Crippen molar-refractivity contribution in [2.24, 2.45) is 0 Å². The van der Waals surface area contributed by atoms with Gasteiger partial charge in [-0.25, -0.2) is 0 Å². The highest BCUT2D eigenvalue weighted by Gasteiger charge is 2.21. The van der Waals surface area contributed by atoms with Gasteiger partial charge in [-0.05, 0) is 37.0 Å². The number of ether oxygens (including phenoxy) is 2. The van der Waals surface area contributed by atoms with E-state index in [9.17, 15) is 4.79 Å². The van der Waals surface area contributed by atoms with E-state index in [1.165, 1.54) is 68.9 Å². The fraction of sp³-hybridized carbons (Fsp3) is 0.606. The Hall–Kier alpha value is -2.33. The van der Waals surface area contributed by atoms with E-state index < -0.39 is 6.29 Å². The zero-order valence-electron chi connectivity index (χ0n) is 24.1. The monoisotopic (exact) mass is 510 g/mol. The lowest BCUT2D eigenvalue weighted by Crippen LogP contribution is -2.41. The maximum Gasteiger partial charge on any atom is 0.314 e. The molecule has 0 aromatic heterocycles. The fourth-order valence-corrected chi connectivity index (χ4v) is 4.66. The number of quaternary nitrogens is 1. The molecule has 0 saturated carbocycles. The minimum atomic E-state index is -0.537. The van der Waals surface area contributed by atoms with Crippen LogP contribution in [0.15, 0.2) is 54.6 Å². The van der Waals surface area contributed by atoms with Gasteiger partial charge in [0.1, 0.15) is 12.3 Å². The molecular formula is C33H52NO3+. The third-order valence-corrected chi connectivity index (χ3v) is 6.92. The topological polar surface area (TPSA) is 35.5 Å². The second-order valence-corrected chi connectivity index (χ2v) is 11.1. The first-order valence-electron chi connectivity index (χ1n) is 14.7. The van der Waals surface area contributed by atoms with Crippen molar-refractivity contribution in [1.29, 1.82) is 0 Å². The molecule has 4 heteroatoms. The highest BCUT2D eigenvalue weighted by Crippen LogP contribution is 2.19. The number of aryl methyl sites for hydroxylation is 1. The highest BCUT2D eigenvalue weighted by atomic mass is 16.7. The molecule has 2 rings (SSSR count). The van der Waals surface area contributed by atoms with Gasteiger partial charge in [0.05, 0.1) is 27.1 Å². The number of hydrogen-bond donors (Lipinski definition) is 0. The minimum absolute atomic E-state index is 0.195. The van der Waals surface area contributed by atoms with Crippen molar-refractivity contribution in [3.63, 3.8) is 0 Å². The van der Waals surface area contributed by atoms with Crippen LogP contribution >= 0.6 is 0 Å². The molecule has 0 radical (unpaired) electrons. The van der Waals surface area contributed by atoms with Crippen molar-refractivity contribution in [2.45, 2.75) is 110 Å². The molecule has 0 aliphatic carbocycles. The van der Waals surface area contributed by atoms with Gasteiger partial charge in [-0.1, -0.05) is 108 Å². The normalized spacial score (nSPS) is 12.3. The molecule has 0 N–H and O–H groups in total. The second kappa shape index (κ2) is 18.0. The average molecular weight is 511 g/mol. The first-order valence-corrected chi connectivity index (χ1v) is 14.7. The third kappa shape index (κ3) is 14.3. The minimum Gasteiger partial charge on any atom is -0.455 e. The van der Waals surface area contributed by atoms with Gasteiger partial charge in [0.15, 0.2) is 0 Å². The molecule has 0 aliphatic heterocycles. The standard InChI is InChI=1S/C33H52NO3/c1-5-7-8-9-10-11-12-13-15-19-29-22-24-31(25-23-29)36-33(18-6-2)37-32(35)26-27-34(3,4)28-30-20-16-14-17-21-30/h14,16-17,20-25,33H,5-13,15,18-19,26-28H2,1-4H3/q+1. The maximum absolute atomic E-state index is 12.6. The molecule has 0 spiro atoms. The summed E-state index contributed by atoms with van der Waals surface area (Å²) in [5.74, 6) is 0.571. The molecular weight excluding hydrogens is 458 g/mol. The quantitative estimate of drug-likeness (QED) is 0.0775. The van der Waals surface area contributed by atoms with E-state index >= 15 is 0 Å². The summed E-state index contributed by atoms with van der Waals surface area (Å²) in [4.78, 5) is 12.6. The summed E-state index contributed by atoms with van der Waals surface area (Å²) in [6, 6.07) is 18.7. The van der Waals surface area contributed by atoms with E-state index in [1.807, 2.05) is 18.2 Å². The van der Waals surface area contributed by atoms with Crippen LogP contribution in [-0.2, 0) is 22.5 Å². The van der Waals surface area contributed by atoms with Crippen molar-refractivity contribution in [2.75, 3.05) is 20.6 Å². The molecule has 4 nitrogen and oxygen atoms in total. The summed E-state index contributed by atoms with van der Waals surface area (Å²) in [5.41, 5.74) is 2.62. The molecule has 0 saturated heterocycles. The molecule has 0 fully saturated rings. The predicted molar refractivity (Wildman–Crippen MR) is 155 cm³/mol. The van der Waals surface area contributed by atoms with Gasteiger partial charge in [0.2, 0.25) is 6.29 Å². The Morgan fingerprint density at radius 2 is 1.38 bits per heavy atom. The summed E-state index contributed by atoms with van der Waals surface area (Å²) < 4.78 is 12.5. The molecule has 2 aromatic rings. The van der Waals surface area contributed by atoms with Crippen molar-refractivity contribution >= 4 is 5.97 Å². The summed E-state index contributed by atoms with van der Waals surface area (Å²) in [6.45, 7) is 5.96. The lowest BCUT2D eigenvalue weighted by Gasteiger charge is -2.30. The van der Waals surface area contributed by atoms with E-state index in [2.05, 4.69) is 64.3 Å². The lowest BCUT2D eigenvalue weighted by molar-refractivity contribution is -0.903. The van der Waals surface area contributed by atoms with Crippen molar-refractivity contribution in [1.82, 2.24) is 0 Å². The predicted octanol–water partition coefficient (Wildman–Crippen LogP) is 8.47. The summed E-state index contributed by atoms with van der Waals surface area (Å²) in [6.07, 6.45) is 14.7. The van der Waals surface area contributed by atoms with Crippen LogP contribution in [0.2, 0.25) is 0 Å². The average Bonchev–Trinajstić information content (AvgIpc) is 2.88. The fourth-order valence-electron chi connectivity index (χ4n) is 4.66. The van der Waals surface area contributed by atoms with Gasteiger partial charge in [-0.3, -0.25) is 4.79 Å². The van der Waals surface area contributed by atoms with Gasteiger partial charge in [0.25, 0.3) is 0 Å². The van der Waals surface area contributed by atoms with E-state index in [0.29, 0.717) is 12.8 Å². The smallest absolute Gasteiger partial charge is 0.314 e. The van der Waals surface area contributed by atoms with Crippen LogP contribution in [0.5, 0.6) is 5.75 Å². The van der Waals surface area contributed by atoms with Crippen LogP contribution in [-0.4, -0.2) is 37.4 Å². The highest BCUT2D eigenvalue weighted by molar-refractivity contribution is 5.69. The number of unbranched alkanes of at least 4 members (excludes halogenated alkanes) is 8. The Kier molecular flexibility index (Phi) is 15.0. The number of esters is 1. The van der Waals surface area contributed by atoms with E-state index in [4.69, 9.17) is 9.47 Å². The van der Waals surface area contributed by atoms with Crippen molar-refractivity contribution in [3.8, 4) is 5.75 Å². The number of hydrogen-bond acceptors (Lipinski definition) is 3. The van der Waals surface area contributed by atoms with Gasteiger partial charge < -0.3 is 14.0 Å². The molecule has 0 bridgehead atoms. The maximum atomic E-state index is 12.6. The van der Waals surface area contributed by atoms with Crippen LogP contribution in [0.1, 0.15) is 102 Å². The summed E-state index contributed by atoms with van der Waals surface area (Å²) >= 11 is 0. The Bertz CT molecular complexity index is 848. The number of benzene rings is 2. The number of rotatable bonds is 20. The Morgan fingerprint density at radius 3 is 2.00 bits per heavy atom. The van der Waals surface area contributed by atoms with E-state index in [-0.39, 0.29) is 5.97 Å². The zero-order valence-corrected chi connectivity index (χ0v) is 24.1. The molecule has 2 aromatic carbocycles. The largest absolute Gasteiger partial charge is 0.455 e. The molecule has 1 unspecified atom stereocenters.